The number of aryl methyl sites for hydroxylation is 2. The van der Waals surface area contributed by atoms with Crippen molar-refractivity contribution in [1.29, 1.82) is 0 Å². The van der Waals surface area contributed by atoms with Crippen molar-refractivity contribution in [3.8, 4) is 16.9 Å². The minimum atomic E-state index is -0.0809. The van der Waals surface area contributed by atoms with Crippen LogP contribution in [-0.4, -0.2) is 51.6 Å². The largest absolute Gasteiger partial charge is 0.492 e. The van der Waals surface area contributed by atoms with E-state index in [0.29, 0.717) is 6.61 Å². The van der Waals surface area contributed by atoms with Gasteiger partial charge in [-0.15, -0.1) is 0 Å². The van der Waals surface area contributed by atoms with E-state index in [1.807, 2.05) is 61.1 Å². The topological polar surface area (TPSA) is 72.3 Å². The maximum atomic E-state index is 12.5. The smallest absolute Gasteiger partial charge is 0.244 e. The minimum Gasteiger partial charge on any atom is -0.492 e. The summed E-state index contributed by atoms with van der Waals surface area (Å²) in [5, 5.41) is 2.99. The average Bonchev–Trinajstić information content (AvgIpc) is 3.43. The first kappa shape index (κ1) is 21.1. The van der Waals surface area contributed by atoms with E-state index in [4.69, 9.17) is 4.74 Å². The maximum absolute atomic E-state index is 12.5. The number of carbonyl (C=O) groups is 1. The van der Waals surface area contributed by atoms with Crippen LogP contribution in [0, 0.1) is 13.8 Å². The number of ether oxygens (including phenoxy) is 1. The van der Waals surface area contributed by atoms with Crippen molar-refractivity contribution in [1.82, 2.24) is 19.4 Å². The molecule has 1 aliphatic heterocycles. The molecule has 0 unspecified atom stereocenters. The summed E-state index contributed by atoms with van der Waals surface area (Å²) in [6.07, 6.45) is 7.85. The van der Waals surface area contributed by atoms with Crippen LogP contribution in [0.15, 0.2) is 49.1 Å². The summed E-state index contributed by atoms with van der Waals surface area (Å²) < 4.78 is 8.03. The Morgan fingerprint density at radius 3 is 2.52 bits per heavy atom. The number of likely N-dealkylation sites (tertiary alicyclic amines) is 1. The van der Waals surface area contributed by atoms with E-state index >= 15 is 0 Å². The molecule has 3 heterocycles. The molecular formula is C24H29N5O2. The van der Waals surface area contributed by atoms with Crippen LogP contribution >= 0.6 is 0 Å². The van der Waals surface area contributed by atoms with E-state index in [2.05, 4.69) is 20.2 Å². The Morgan fingerprint density at radius 2 is 1.81 bits per heavy atom. The average molecular weight is 420 g/mol. The van der Waals surface area contributed by atoms with Gasteiger partial charge in [0.1, 0.15) is 25.2 Å². The highest BCUT2D eigenvalue weighted by molar-refractivity contribution is 5.92. The molecule has 0 spiro atoms. The van der Waals surface area contributed by atoms with Gasteiger partial charge in [-0.3, -0.25) is 9.69 Å². The first-order valence-corrected chi connectivity index (χ1v) is 10.8. The normalized spacial score (nSPS) is 14.0. The number of anilines is 1. The lowest BCUT2D eigenvalue weighted by Crippen LogP contribution is -2.25. The molecule has 1 N–H and O–H groups in total. The minimum absolute atomic E-state index is 0.0809. The fraction of sp³-hybridized carbons (Fsp3) is 0.375. The monoisotopic (exact) mass is 419 g/mol. The SMILES string of the molecule is Cc1ncnc(C)c1-c1cc(NC(=O)Cn2cccc2)ccc1OCCN1CCCC1. The second kappa shape index (κ2) is 9.75. The van der Waals surface area contributed by atoms with Gasteiger partial charge in [-0.1, -0.05) is 0 Å². The van der Waals surface area contributed by atoms with E-state index in [-0.39, 0.29) is 12.5 Å². The molecule has 0 radical (unpaired) electrons. The van der Waals surface area contributed by atoms with Gasteiger partial charge >= 0.3 is 0 Å². The van der Waals surface area contributed by atoms with Gasteiger partial charge in [0.2, 0.25) is 5.91 Å². The molecular weight excluding hydrogens is 390 g/mol. The van der Waals surface area contributed by atoms with Crippen molar-refractivity contribution in [2.45, 2.75) is 33.2 Å². The molecule has 1 saturated heterocycles. The number of amides is 1. The number of benzene rings is 1. The Morgan fingerprint density at radius 1 is 1.10 bits per heavy atom. The predicted molar refractivity (Wildman–Crippen MR) is 121 cm³/mol. The molecule has 1 fully saturated rings. The van der Waals surface area contributed by atoms with Crippen LogP contribution in [0.4, 0.5) is 5.69 Å². The van der Waals surface area contributed by atoms with Crippen LogP contribution in [0.1, 0.15) is 24.2 Å². The Hall–Kier alpha value is -3.19. The van der Waals surface area contributed by atoms with Gasteiger partial charge in [-0.05, 0) is 70.1 Å². The summed E-state index contributed by atoms with van der Waals surface area (Å²) in [6, 6.07) is 9.58. The molecule has 7 heteroatoms. The van der Waals surface area contributed by atoms with Gasteiger partial charge < -0.3 is 14.6 Å². The molecule has 3 aromatic rings. The van der Waals surface area contributed by atoms with Crippen LogP contribution in [0.2, 0.25) is 0 Å². The summed E-state index contributed by atoms with van der Waals surface area (Å²) in [5.74, 6) is 0.700. The van der Waals surface area contributed by atoms with Gasteiger partial charge in [-0.2, -0.15) is 0 Å². The van der Waals surface area contributed by atoms with Crippen LogP contribution in [-0.2, 0) is 11.3 Å². The predicted octanol–water partition coefficient (Wildman–Crippen LogP) is 3.68. The molecule has 7 nitrogen and oxygen atoms in total. The Kier molecular flexibility index (Phi) is 6.62. The molecule has 1 aromatic carbocycles. The van der Waals surface area contributed by atoms with Crippen LogP contribution < -0.4 is 10.1 Å². The van der Waals surface area contributed by atoms with E-state index in [1.165, 1.54) is 12.8 Å². The summed E-state index contributed by atoms with van der Waals surface area (Å²) in [4.78, 5) is 23.7. The number of carbonyl (C=O) groups excluding carboxylic acids is 1. The van der Waals surface area contributed by atoms with E-state index in [1.54, 1.807) is 6.33 Å². The third-order valence-corrected chi connectivity index (χ3v) is 5.62. The highest BCUT2D eigenvalue weighted by Gasteiger charge is 2.16. The summed E-state index contributed by atoms with van der Waals surface area (Å²) in [5.41, 5.74) is 4.33. The van der Waals surface area contributed by atoms with Gasteiger partial charge in [0.15, 0.2) is 0 Å². The number of rotatable bonds is 8. The lowest BCUT2D eigenvalue weighted by molar-refractivity contribution is -0.116. The van der Waals surface area contributed by atoms with E-state index in [9.17, 15) is 4.79 Å². The van der Waals surface area contributed by atoms with Gasteiger partial charge in [0, 0.05) is 47.1 Å². The Bertz CT molecular complexity index is 1010. The molecule has 31 heavy (non-hydrogen) atoms. The first-order chi connectivity index (χ1) is 15.1. The number of hydrogen-bond donors (Lipinski definition) is 1. The highest BCUT2D eigenvalue weighted by atomic mass is 16.5. The molecule has 0 aliphatic carbocycles. The van der Waals surface area contributed by atoms with Crippen molar-refractivity contribution < 1.29 is 9.53 Å². The van der Waals surface area contributed by atoms with E-state index in [0.717, 1.165) is 53.6 Å². The van der Waals surface area contributed by atoms with Crippen molar-refractivity contribution in [2.24, 2.45) is 0 Å². The second-order valence-corrected chi connectivity index (χ2v) is 7.93. The van der Waals surface area contributed by atoms with Gasteiger partial charge in [0.05, 0.1) is 0 Å². The molecule has 1 amide bonds. The quantitative estimate of drug-likeness (QED) is 0.603. The number of hydrogen-bond acceptors (Lipinski definition) is 5. The zero-order valence-corrected chi connectivity index (χ0v) is 18.2. The first-order valence-electron chi connectivity index (χ1n) is 10.8. The number of nitrogens with one attached hydrogen (secondary N) is 1. The molecule has 1 aliphatic rings. The van der Waals surface area contributed by atoms with Crippen molar-refractivity contribution >= 4 is 11.6 Å². The van der Waals surface area contributed by atoms with Crippen molar-refractivity contribution in [3.05, 3.63) is 60.4 Å². The van der Waals surface area contributed by atoms with Crippen molar-refractivity contribution in [2.75, 3.05) is 31.6 Å². The highest BCUT2D eigenvalue weighted by Crippen LogP contribution is 2.35. The van der Waals surface area contributed by atoms with Crippen molar-refractivity contribution in [3.63, 3.8) is 0 Å². The third-order valence-electron chi connectivity index (χ3n) is 5.62. The van der Waals surface area contributed by atoms with E-state index < -0.39 is 0 Å². The lowest BCUT2D eigenvalue weighted by Gasteiger charge is -2.18. The fourth-order valence-electron chi connectivity index (χ4n) is 4.04. The zero-order chi connectivity index (χ0) is 21.6. The lowest BCUT2D eigenvalue weighted by atomic mass is 10.0. The summed E-state index contributed by atoms with van der Waals surface area (Å²) in [6.45, 7) is 8.03. The van der Waals surface area contributed by atoms with Crippen LogP contribution in [0.3, 0.4) is 0 Å². The fourth-order valence-corrected chi connectivity index (χ4v) is 4.04. The molecule has 162 valence electrons. The molecule has 0 atom stereocenters. The third kappa shape index (κ3) is 5.30. The van der Waals surface area contributed by atoms with Gasteiger partial charge in [0.25, 0.3) is 0 Å². The molecule has 0 bridgehead atoms. The standard InChI is InChI=1S/C24H29N5O2/c1-18-24(19(2)26-17-25-18)21-15-20(27-23(30)16-29-11-5-6-12-29)7-8-22(21)31-14-13-28-9-3-4-10-28/h5-8,11-12,15,17H,3-4,9-10,13-14,16H2,1-2H3,(H,27,30). The van der Waals surface area contributed by atoms with Gasteiger partial charge in [-0.25, -0.2) is 9.97 Å². The summed E-state index contributed by atoms with van der Waals surface area (Å²) in [7, 11) is 0. The summed E-state index contributed by atoms with van der Waals surface area (Å²) >= 11 is 0. The molecule has 0 saturated carbocycles. The Balaban J connectivity index is 1.56. The zero-order valence-electron chi connectivity index (χ0n) is 18.2. The Labute approximate surface area is 183 Å². The second-order valence-electron chi connectivity index (χ2n) is 7.93. The molecule has 4 rings (SSSR count). The number of nitrogens with zero attached hydrogens (tertiary/aromatic N) is 4. The number of aromatic nitrogens is 3. The maximum Gasteiger partial charge on any atom is 0.244 e. The van der Waals surface area contributed by atoms with Crippen LogP contribution in [0.25, 0.3) is 11.1 Å². The van der Waals surface area contributed by atoms with Crippen LogP contribution in [0.5, 0.6) is 5.75 Å². The molecule has 2 aromatic heterocycles.